The number of H-pyrrole nitrogens is 1. The van der Waals surface area contributed by atoms with Gasteiger partial charge in [0.15, 0.2) is 5.65 Å². The number of aromatic nitrogens is 5. The van der Waals surface area contributed by atoms with Gasteiger partial charge < -0.3 is 50.1 Å². The average molecular weight is 1020 g/mol. The van der Waals surface area contributed by atoms with E-state index in [1.165, 1.54) is 17.0 Å². The zero-order valence-corrected chi connectivity index (χ0v) is 42.5. The lowest BCUT2D eigenvalue weighted by Crippen LogP contribution is -2.70. The fourth-order valence-corrected chi connectivity index (χ4v) is 13.0. The number of fused-ring (bicyclic) bond motifs is 3. The molecule has 1 saturated carbocycles. The first-order valence-corrected chi connectivity index (χ1v) is 27.0. The van der Waals surface area contributed by atoms with Gasteiger partial charge >= 0.3 is 13.6 Å². The van der Waals surface area contributed by atoms with Crippen molar-refractivity contribution in [2.24, 2.45) is 16.7 Å². The molecule has 384 valence electrons. The van der Waals surface area contributed by atoms with E-state index in [1.807, 2.05) is 51.4 Å². The summed E-state index contributed by atoms with van der Waals surface area (Å²) in [6, 6.07) is 11.3. The Morgan fingerprint density at radius 3 is 2.42 bits per heavy atom. The minimum absolute atomic E-state index is 0.00311. The number of nitrogens with zero attached hydrogens (tertiary/aromatic N) is 8. The fourth-order valence-electron chi connectivity index (χ4n) is 12.1. The predicted octanol–water partition coefficient (Wildman–Crippen LogP) is 5.84. The minimum Gasteiger partial charge on any atom is -0.507 e. The number of amides is 4. The molecule has 0 unspecified atom stereocenters. The SMILES string of the molecule is C#Cc1ccc(CNC(=O)[C@@H]2C[C@@H](CP(=O)(O)O)CN2C(=O)[C@@H](NC(=O)N2CC3(CC(N4CCC(c5cnc(N6CCc7[nH]c8nnc(-c9ccccc9O)cc8c7[C@H]6C)nc5)CC4)C3)C2)C(C)(C)C)c(F)c1. The lowest BCUT2D eigenvalue weighted by atomic mass is 9.60. The third-order valence-electron chi connectivity index (χ3n) is 16.0. The summed E-state index contributed by atoms with van der Waals surface area (Å²) >= 11 is 0. The first-order valence-electron chi connectivity index (χ1n) is 25.2. The van der Waals surface area contributed by atoms with Gasteiger partial charge in [-0.2, -0.15) is 0 Å². The van der Waals surface area contributed by atoms with Gasteiger partial charge in [-0.1, -0.05) is 44.9 Å². The van der Waals surface area contributed by atoms with Crippen molar-refractivity contribution in [1.29, 1.82) is 0 Å². The number of nitrogens with one attached hydrogen (secondary N) is 3. The molecule has 5 aliphatic rings. The van der Waals surface area contributed by atoms with Crippen molar-refractivity contribution in [3.05, 3.63) is 94.7 Å². The standard InChI is InChI=1S/C53H63FN11O7P/c1-6-32-11-12-35(40(54)19-32)24-55-48(67)43-20-33(28-73(70,71)72)27-65(43)49(68)46(52(3,4)5)59-51(69)63-29-53(30-63)22-37(23-53)62-16-13-34(14-17-62)36-25-56-50(57-26-36)64-18-15-41-45(31(64)2)39-21-42(60-61-47(39)58-41)38-9-7-8-10-44(38)66/h1,7-12,19,21,25-26,31,33-34,37,43,46,66H,13-18,20,22-24,27-30H2,2-5H3,(H,55,67)(H,58,61)(H,59,69)(H2,70,71,72)/t31-,33-,43+,46-/m1/s1. The third-order valence-corrected chi connectivity index (χ3v) is 17.0. The van der Waals surface area contributed by atoms with Crippen LogP contribution in [0.25, 0.3) is 22.3 Å². The van der Waals surface area contributed by atoms with Gasteiger partial charge in [-0.25, -0.2) is 19.2 Å². The van der Waals surface area contributed by atoms with Crippen LogP contribution < -0.4 is 15.5 Å². The van der Waals surface area contributed by atoms with E-state index in [2.05, 4.69) is 48.5 Å². The van der Waals surface area contributed by atoms with Crippen LogP contribution in [0, 0.1) is 34.9 Å². The lowest BCUT2D eigenvalue weighted by Gasteiger charge is -2.61. The molecule has 6 N–H and O–H groups in total. The number of halogens is 1. The highest BCUT2D eigenvalue weighted by molar-refractivity contribution is 7.51. The number of likely N-dealkylation sites (tertiary alicyclic amines) is 3. The molecule has 0 bridgehead atoms. The molecule has 4 amide bonds. The van der Waals surface area contributed by atoms with Crippen molar-refractivity contribution in [3.8, 4) is 29.4 Å². The highest BCUT2D eigenvalue weighted by Gasteiger charge is 2.56. The number of carbonyl (C=O) groups excluding carboxylic acids is 3. The summed E-state index contributed by atoms with van der Waals surface area (Å²) in [6.07, 6.45) is 13.6. The largest absolute Gasteiger partial charge is 0.507 e. The summed E-state index contributed by atoms with van der Waals surface area (Å²) in [5.41, 5.74) is 5.15. The number of carbonyl (C=O) groups is 3. The van der Waals surface area contributed by atoms with Gasteiger partial charge in [0, 0.05) is 96.3 Å². The van der Waals surface area contributed by atoms with E-state index >= 15 is 0 Å². The van der Waals surface area contributed by atoms with Crippen LogP contribution in [-0.4, -0.2) is 136 Å². The molecule has 1 aliphatic carbocycles. The number of urea groups is 1. The first-order chi connectivity index (χ1) is 34.8. The van der Waals surface area contributed by atoms with Gasteiger partial charge in [0.1, 0.15) is 23.7 Å². The quantitative estimate of drug-likeness (QED) is 0.0675. The molecule has 3 saturated heterocycles. The molecule has 0 radical (unpaired) electrons. The van der Waals surface area contributed by atoms with Gasteiger partial charge in [0.05, 0.1) is 17.9 Å². The molecular weight excluding hydrogens is 953 g/mol. The van der Waals surface area contributed by atoms with Crippen molar-refractivity contribution >= 4 is 42.4 Å². The zero-order chi connectivity index (χ0) is 51.6. The molecule has 7 heterocycles. The lowest BCUT2D eigenvalue weighted by molar-refractivity contribution is -0.142. The van der Waals surface area contributed by atoms with E-state index in [4.69, 9.17) is 16.4 Å². The number of hydrogen-bond donors (Lipinski definition) is 6. The molecule has 4 aliphatic heterocycles. The van der Waals surface area contributed by atoms with Crippen molar-refractivity contribution in [1.82, 2.24) is 50.5 Å². The van der Waals surface area contributed by atoms with Gasteiger partial charge in [-0.3, -0.25) is 14.2 Å². The summed E-state index contributed by atoms with van der Waals surface area (Å²) in [7, 11) is -4.49. The second-order valence-corrected chi connectivity index (χ2v) is 23.8. The Kier molecular flexibility index (Phi) is 13.3. The van der Waals surface area contributed by atoms with Crippen LogP contribution in [0.5, 0.6) is 5.75 Å². The highest BCUT2D eigenvalue weighted by Crippen LogP contribution is 2.51. The van der Waals surface area contributed by atoms with Crippen molar-refractivity contribution in [2.75, 3.05) is 50.3 Å². The van der Waals surface area contributed by atoms with Crippen LogP contribution in [0.1, 0.15) is 99.7 Å². The van der Waals surface area contributed by atoms with Gasteiger partial charge in [-0.05, 0) is 105 Å². The normalized spacial score (nSPS) is 21.8. The Bertz CT molecular complexity index is 3020. The summed E-state index contributed by atoms with van der Waals surface area (Å²) in [4.78, 5) is 82.7. The molecule has 4 atom stereocenters. The van der Waals surface area contributed by atoms with E-state index in [-0.39, 0.29) is 48.3 Å². The topological polar surface area (TPSA) is 233 Å². The Morgan fingerprint density at radius 2 is 1.75 bits per heavy atom. The van der Waals surface area contributed by atoms with E-state index in [0.29, 0.717) is 47.8 Å². The molecule has 4 fully saturated rings. The Hall–Kier alpha value is -6.45. The van der Waals surface area contributed by atoms with Crippen LogP contribution in [0.3, 0.4) is 0 Å². The van der Waals surface area contributed by atoms with Gasteiger partial charge in [0.25, 0.3) is 0 Å². The second-order valence-electron chi connectivity index (χ2n) is 22.1. The monoisotopic (exact) mass is 1020 g/mol. The predicted molar refractivity (Wildman–Crippen MR) is 272 cm³/mol. The molecule has 2 aromatic carbocycles. The summed E-state index contributed by atoms with van der Waals surface area (Å²) in [6.45, 7) is 11.2. The van der Waals surface area contributed by atoms with Crippen molar-refractivity contribution < 1.29 is 38.2 Å². The van der Waals surface area contributed by atoms with E-state index in [0.717, 1.165) is 79.6 Å². The maximum Gasteiger partial charge on any atom is 0.325 e. The number of phenolic OH excluding ortho intramolecular Hbond substituents is 1. The number of rotatable bonds is 11. The van der Waals surface area contributed by atoms with E-state index in [9.17, 15) is 38.2 Å². The summed E-state index contributed by atoms with van der Waals surface area (Å²) in [5, 5.41) is 26.0. The smallest absolute Gasteiger partial charge is 0.325 e. The highest BCUT2D eigenvalue weighted by atomic mass is 31.2. The van der Waals surface area contributed by atoms with Crippen LogP contribution in [0.4, 0.5) is 15.1 Å². The molecule has 1 spiro atoms. The number of piperidine rings is 1. The van der Waals surface area contributed by atoms with E-state index in [1.54, 1.807) is 23.1 Å². The van der Waals surface area contributed by atoms with E-state index < -0.39 is 54.8 Å². The number of phenols is 1. The number of benzene rings is 2. The summed E-state index contributed by atoms with van der Waals surface area (Å²) in [5.74, 6) is 1.18. The maximum atomic E-state index is 14.7. The number of para-hydroxylation sites is 1. The van der Waals surface area contributed by atoms with Gasteiger partial charge in [-0.15, -0.1) is 16.6 Å². The molecule has 3 aromatic heterocycles. The maximum absolute atomic E-state index is 14.7. The molecule has 5 aromatic rings. The molecule has 10 rings (SSSR count). The molecule has 20 heteroatoms. The van der Waals surface area contributed by atoms with Crippen LogP contribution >= 0.6 is 7.60 Å². The van der Waals surface area contributed by atoms with Crippen molar-refractivity contribution in [2.45, 2.75) is 103 Å². The Morgan fingerprint density at radius 1 is 1.03 bits per heavy atom. The number of aromatic hydroxyl groups is 1. The third kappa shape index (κ3) is 10.1. The average Bonchev–Trinajstić information content (AvgIpc) is 3.93. The summed E-state index contributed by atoms with van der Waals surface area (Å²) < 4.78 is 26.8. The molecular formula is C53H63FN11O7P. The first kappa shape index (κ1) is 50.1. The van der Waals surface area contributed by atoms with Crippen LogP contribution in [0.2, 0.25) is 0 Å². The van der Waals surface area contributed by atoms with Crippen LogP contribution in [-0.2, 0) is 27.1 Å². The van der Waals surface area contributed by atoms with Crippen molar-refractivity contribution in [3.63, 3.8) is 0 Å². The fraction of sp³-hybridized carbons (Fsp3) is 0.491. The minimum atomic E-state index is -4.49. The number of aromatic amines is 1. The number of anilines is 1. The number of terminal acetylenes is 1. The Balaban J connectivity index is 0.708. The molecule has 73 heavy (non-hydrogen) atoms. The van der Waals surface area contributed by atoms with Crippen LogP contribution in [0.15, 0.2) is 60.9 Å². The van der Waals surface area contributed by atoms with Gasteiger partial charge in [0.2, 0.25) is 17.8 Å². The molecule has 18 nitrogen and oxygen atoms in total. The second kappa shape index (κ2) is 19.4. The Labute approximate surface area is 423 Å². The number of hydrogen-bond acceptors (Lipinski definition) is 11. The zero-order valence-electron chi connectivity index (χ0n) is 41.6.